The van der Waals surface area contributed by atoms with Gasteiger partial charge in [0.1, 0.15) is 0 Å². The Balaban J connectivity index is 0.000000350. The molecule has 7 heteroatoms. The molecular weight excluding hydrogens is 448 g/mol. The lowest BCUT2D eigenvalue weighted by molar-refractivity contribution is -0.134. The van der Waals surface area contributed by atoms with E-state index in [9.17, 15) is 9.59 Å². The standard InChI is InChI=1S/C23H28N2S.C4H4O4/c1-3-4-7-18-10-11-23-20(16-18)21(25-14-12-24(2)13-15-25)17-19-8-5-6-9-22(19)26-23;5-3(6)1-2-4(7)8/h5-6,8-11,16-17H,3-4,7,12-15H2,1-2H3;1-2H,(H,5,6)(H,7,8)/b;2-1-. The first kappa shape index (κ1) is 25.6. The summed E-state index contributed by atoms with van der Waals surface area (Å²) in [6, 6.07) is 15.9. The van der Waals surface area contributed by atoms with E-state index in [4.69, 9.17) is 10.2 Å². The van der Waals surface area contributed by atoms with Gasteiger partial charge in [-0.2, -0.15) is 0 Å². The summed E-state index contributed by atoms with van der Waals surface area (Å²) in [4.78, 5) is 26.9. The van der Waals surface area contributed by atoms with Gasteiger partial charge in [-0.1, -0.05) is 49.4 Å². The molecule has 2 N–H and O–H groups in total. The van der Waals surface area contributed by atoms with E-state index in [1.807, 2.05) is 11.8 Å². The Morgan fingerprint density at radius 1 is 0.971 bits per heavy atom. The molecule has 0 spiro atoms. The van der Waals surface area contributed by atoms with Gasteiger partial charge in [0.2, 0.25) is 0 Å². The van der Waals surface area contributed by atoms with Crippen molar-refractivity contribution in [1.82, 2.24) is 9.80 Å². The first-order valence-corrected chi connectivity index (χ1v) is 12.4. The maximum absolute atomic E-state index is 9.55. The quantitative estimate of drug-likeness (QED) is 0.566. The smallest absolute Gasteiger partial charge is 0.328 e. The van der Waals surface area contributed by atoms with Gasteiger partial charge in [0, 0.05) is 59.4 Å². The van der Waals surface area contributed by atoms with Gasteiger partial charge in [-0.3, -0.25) is 0 Å². The number of likely N-dealkylation sites (N-methyl/N-ethyl adjacent to an activating group) is 1. The number of aliphatic carboxylic acids is 2. The zero-order valence-corrected chi connectivity index (χ0v) is 20.6. The van der Waals surface area contributed by atoms with Crippen LogP contribution in [0.1, 0.15) is 36.5 Å². The van der Waals surface area contributed by atoms with Crippen molar-refractivity contribution in [3.8, 4) is 0 Å². The van der Waals surface area contributed by atoms with Crippen molar-refractivity contribution >= 4 is 35.5 Å². The zero-order chi connectivity index (χ0) is 24.5. The lowest BCUT2D eigenvalue weighted by atomic mass is 10.0. The molecule has 6 nitrogen and oxygen atoms in total. The van der Waals surface area contributed by atoms with Gasteiger partial charge in [0.05, 0.1) is 0 Å². The van der Waals surface area contributed by atoms with Crippen molar-refractivity contribution in [3.63, 3.8) is 0 Å². The molecule has 0 bridgehead atoms. The van der Waals surface area contributed by atoms with Crippen molar-refractivity contribution < 1.29 is 19.8 Å². The topological polar surface area (TPSA) is 81.1 Å². The number of hydrogen-bond donors (Lipinski definition) is 2. The molecule has 180 valence electrons. The summed E-state index contributed by atoms with van der Waals surface area (Å²) in [7, 11) is 2.22. The van der Waals surface area contributed by atoms with Gasteiger partial charge < -0.3 is 20.0 Å². The van der Waals surface area contributed by atoms with E-state index < -0.39 is 11.9 Å². The summed E-state index contributed by atoms with van der Waals surface area (Å²) in [5.41, 5.74) is 5.64. The van der Waals surface area contributed by atoms with Crippen LogP contribution in [0.2, 0.25) is 0 Å². The Morgan fingerprint density at radius 2 is 1.65 bits per heavy atom. The van der Waals surface area contributed by atoms with E-state index in [1.54, 1.807) is 0 Å². The van der Waals surface area contributed by atoms with Crippen LogP contribution in [0.25, 0.3) is 11.8 Å². The van der Waals surface area contributed by atoms with Crippen molar-refractivity contribution in [3.05, 3.63) is 71.3 Å². The lowest BCUT2D eigenvalue weighted by Gasteiger charge is -2.36. The molecule has 0 unspecified atom stereocenters. The van der Waals surface area contributed by atoms with Crippen molar-refractivity contribution in [2.45, 2.75) is 36.0 Å². The van der Waals surface area contributed by atoms with Crippen LogP contribution in [0.3, 0.4) is 0 Å². The maximum atomic E-state index is 9.55. The van der Waals surface area contributed by atoms with Crippen molar-refractivity contribution in [2.75, 3.05) is 33.2 Å². The maximum Gasteiger partial charge on any atom is 0.328 e. The largest absolute Gasteiger partial charge is 0.478 e. The van der Waals surface area contributed by atoms with E-state index in [0.717, 1.165) is 26.2 Å². The van der Waals surface area contributed by atoms with Gasteiger partial charge >= 0.3 is 11.9 Å². The number of benzene rings is 2. The summed E-state index contributed by atoms with van der Waals surface area (Å²) in [6.45, 7) is 6.75. The van der Waals surface area contributed by atoms with Crippen LogP contribution in [-0.2, 0) is 16.0 Å². The fourth-order valence-corrected chi connectivity index (χ4v) is 4.93. The highest BCUT2D eigenvalue weighted by Gasteiger charge is 2.23. The zero-order valence-electron chi connectivity index (χ0n) is 19.7. The van der Waals surface area contributed by atoms with Gasteiger partial charge in [-0.15, -0.1) is 0 Å². The molecule has 1 saturated heterocycles. The minimum Gasteiger partial charge on any atom is -0.478 e. The number of carbonyl (C=O) groups is 2. The van der Waals surface area contributed by atoms with Crippen LogP contribution >= 0.6 is 11.8 Å². The Labute approximate surface area is 205 Å². The third-order valence-electron chi connectivity index (χ3n) is 5.78. The van der Waals surface area contributed by atoms with E-state index in [2.05, 4.69) is 72.3 Å². The molecule has 2 aliphatic heterocycles. The SMILES string of the molecule is CCCCc1ccc2c(c1)C(N1CCN(C)CC1)=Cc1ccccc1S2.O=C(O)/C=C\C(=O)O. The van der Waals surface area contributed by atoms with Gasteiger partial charge in [-0.25, -0.2) is 9.59 Å². The number of aryl methyl sites for hydroxylation is 1. The number of carboxylic acid groups (broad SMARTS) is 2. The summed E-state index contributed by atoms with van der Waals surface area (Å²) in [5.74, 6) is -2.51. The van der Waals surface area contributed by atoms with E-state index in [-0.39, 0.29) is 0 Å². The molecule has 0 radical (unpaired) electrons. The number of fused-ring (bicyclic) bond motifs is 2. The summed E-state index contributed by atoms with van der Waals surface area (Å²) < 4.78 is 0. The Bertz CT molecular complexity index is 1060. The Morgan fingerprint density at radius 3 is 2.29 bits per heavy atom. The molecule has 0 aliphatic carbocycles. The molecule has 2 aromatic rings. The van der Waals surface area contributed by atoms with Gasteiger partial charge in [0.15, 0.2) is 0 Å². The minimum absolute atomic E-state index is 0.558. The van der Waals surface area contributed by atoms with E-state index in [0.29, 0.717) is 12.2 Å². The second-order valence-electron chi connectivity index (χ2n) is 8.40. The molecule has 0 amide bonds. The highest BCUT2D eigenvalue weighted by atomic mass is 32.2. The number of unbranched alkanes of at least 4 members (excludes halogenated alkanes) is 1. The number of nitrogens with zero attached hydrogens (tertiary/aromatic N) is 2. The third-order valence-corrected chi connectivity index (χ3v) is 6.95. The minimum atomic E-state index is -1.26. The summed E-state index contributed by atoms with van der Waals surface area (Å²) in [5, 5.41) is 15.6. The molecule has 0 saturated carbocycles. The second-order valence-corrected chi connectivity index (χ2v) is 9.49. The van der Waals surface area contributed by atoms with Gasteiger partial charge in [0.25, 0.3) is 0 Å². The van der Waals surface area contributed by atoms with Crippen LogP contribution in [0, 0.1) is 0 Å². The van der Waals surface area contributed by atoms with Gasteiger partial charge in [-0.05, 0) is 55.3 Å². The molecule has 0 atom stereocenters. The van der Waals surface area contributed by atoms with Crippen LogP contribution < -0.4 is 0 Å². The summed E-state index contributed by atoms with van der Waals surface area (Å²) in [6.07, 6.45) is 7.23. The molecule has 2 heterocycles. The number of rotatable bonds is 6. The van der Waals surface area contributed by atoms with Crippen LogP contribution in [-0.4, -0.2) is 65.2 Å². The summed E-state index contributed by atoms with van der Waals surface area (Å²) >= 11 is 1.92. The number of hydrogen-bond acceptors (Lipinski definition) is 5. The average Bonchev–Trinajstić information content (AvgIpc) is 2.99. The number of piperazine rings is 1. The fraction of sp³-hybridized carbons (Fsp3) is 0.333. The molecule has 1 fully saturated rings. The predicted molar refractivity (Wildman–Crippen MR) is 137 cm³/mol. The van der Waals surface area contributed by atoms with Crippen LogP contribution in [0.5, 0.6) is 0 Å². The molecule has 34 heavy (non-hydrogen) atoms. The third kappa shape index (κ3) is 7.23. The fourth-order valence-electron chi connectivity index (χ4n) is 3.89. The predicted octanol–water partition coefficient (Wildman–Crippen LogP) is 4.95. The Hall–Kier alpha value is -3.03. The second kappa shape index (κ2) is 12.4. The van der Waals surface area contributed by atoms with E-state index >= 15 is 0 Å². The molecule has 4 rings (SSSR count). The molecular formula is C27H32N2O4S. The highest BCUT2D eigenvalue weighted by Crippen LogP contribution is 2.42. The average molecular weight is 481 g/mol. The van der Waals surface area contributed by atoms with Crippen LogP contribution in [0.15, 0.2) is 64.4 Å². The first-order valence-electron chi connectivity index (χ1n) is 11.6. The Kier molecular flexibility index (Phi) is 9.36. The normalized spacial score (nSPS) is 15.5. The first-order chi connectivity index (χ1) is 16.4. The molecule has 0 aromatic heterocycles. The molecule has 2 aromatic carbocycles. The van der Waals surface area contributed by atoms with Crippen molar-refractivity contribution in [1.29, 1.82) is 0 Å². The lowest BCUT2D eigenvalue weighted by Crippen LogP contribution is -2.43. The highest BCUT2D eigenvalue weighted by molar-refractivity contribution is 7.99. The van der Waals surface area contributed by atoms with Crippen LogP contribution in [0.4, 0.5) is 0 Å². The monoisotopic (exact) mass is 480 g/mol. The number of carboxylic acids is 2. The molecule has 2 aliphatic rings. The van der Waals surface area contributed by atoms with E-state index in [1.165, 1.54) is 51.4 Å². The van der Waals surface area contributed by atoms with Crippen molar-refractivity contribution in [2.24, 2.45) is 0 Å².